The number of anilines is 2. The lowest BCUT2D eigenvalue weighted by atomic mass is 9.82. The molecule has 6 nitrogen and oxygen atoms in total. The fraction of sp³-hybridized carbons (Fsp3) is 0.240. The van der Waals surface area contributed by atoms with E-state index in [1.807, 2.05) is 31.2 Å². The molecule has 4 aromatic rings. The molecule has 1 N–H and O–H groups in total. The first kappa shape index (κ1) is 19.3. The van der Waals surface area contributed by atoms with Crippen molar-refractivity contribution in [1.82, 2.24) is 19.9 Å². The summed E-state index contributed by atoms with van der Waals surface area (Å²) in [6, 6.07) is 16.4. The minimum absolute atomic E-state index is 0.0891. The van der Waals surface area contributed by atoms with Crippen molar-refractivity contribution in [3.8, 4) is 0 Å². The minimum Gasteiger partial charge on any atom is -0.294 e. The van der Waals surface area contributed by atoms with Crippen LogP contribution >= 0.6 is 0 Å². The Hall–Kier alpha value is -3.67. The Kier molecular flexibility index (Phi) is 4.90. The SMILES string of the molecule is CCc1ccc2nc(Nc3ncc4c(n3)C[C@@H](c3ccccc3)CC4=O)nc(C)c2c1. The van der Waals surface area contributed by atoms with Crippen LogP contribution in [0.2, 0.25) is 0 Å². The van der Waals surface area contributed by atoms with E-state index < -0.39 is 0 Å². The molecule has 154 valence electrons. The fourth-order valence-corrected chi connectivity index (χ4v) is 4.17. The highest BCUT2D eigenvalue weighted by Crippen LogP contribution is 2.32. The van der Waals surface area contributed by atoms with Crippen LogP contribution in [-0.4, -0.2) is 25.7 Å². The highest BCUT2D eigenvalue weighted by Gasteiger charge is 2.28. The van der Waals surface area contributed by atoms with E-state index in [4.69, 9.17) is 0 Å². The average molecular weight is 409 g/mol. The van der Waals surface area contributed by atoms with Gasteiger partial charge in [-0.1, -0.05) is 43.3 Å². The number of rotatable bonds is 4. The molecule has 5 rings (SSSR count). The standard InChI is InChI=1S/C25H23N5O/c1-3-16-9-10-21-19(11-16)15(2)27-25(28-21)30-24-26-14-20-22(29-24)12-18(13-23(20)31)17-7-5-4-6-8-17/h4-11,14,18H,3,12-13H2,1-2H3,(H,26,27,28,29,30)/t18-/m1/s1. The lowest BCUT2D eigenvalue weighted by Crippen LogP contribution is -2.21. The summed E-state index contributed by atoms with van der Waals surface area (Å²) >= 11 is 0. The number of hydrogen-bond donors (Lipinski definition) is 1. The predicted molar refractivity (Wildman–Crippen MR) is 121 cm³/mol. The molecule has 0 radical (unpaired) electrons. The molecule has 0 saturated carbocycles. The van der Waals surface area contributed by atoms with Crippen LogP contribution in [0, 0.1) is 6.92 Å². The molecule has 2 aromatic heterocycles. The molecule has 1 aliphatic rings. The van der Waals surface area contributed by atoms with Gasteiger partial charge in [0.25, 0.3) is 0 Å². The topological polar surface area (TPSA) is 80.7 Å². The maximum atomic E-state index is 12.7. The van der Waals surface area contributed by atoms with Crippen molar-refractivity contribution >= 4 is 28.6 Å². The summed E-state index contributed by atoms with van der Waals surface area (Å²) in [6.45, 7) is 4.11. The van der Waals surface area contributed by atoms with Crippen molar-refractivity contribution < 1.29 is 4.79 Å². The van der Waals surface area contributed by atoms with Gasteiger partial charge in [-0.15, -0.1) is 0 Å². The van der Waals surface area contributed by atoms with Crippen LogP contribution in [0.4, 0.5) is 11.9 Å². The molecule has 0 aliphatic heterocycles. The van der Waals surface area contributed by atoms with Crippen LogP contribution in [0.3, 0.4) is 0 Å². The second kappa shape index (κ2) is 7.87. The summed E-state index contributed by atoms with van der Waals surface area (Å²) in [5.41, 5.74) is 5.59. The second-order valence-corrected chi connectivity index (χ2v) is 7.96. The van der Waals surface area contributed by atoms with Crippen molar-refractivity contribution in [2.24, 2.45) is 0 Å². The quantitative estimate of drug-likeness (QED) is 0.514. The van der Waals surface area contributed by atoms with Gasteiger partial charge in [-0.25, -0.2) is 19.9 Å². The van der Waals surface area contributed by atoms with E-state index in [9.17, 15) is 4.79 Å². The number of hydrogen-bond acceptors (Lipinski definition) is 6. The molecule has 0 amide bonds. The average Bonchev–Trinajstić information content (AvgIpc) is 2.79. The molecule has 0 saturated heterocycles. The number of carbonyl (C=O) groups is 1. The van der Waals surface area contributed by atoms with Crippen molar-refractivity contribution in [2.45, 2.75) is 39.0 Å². The molecule has 2 heterocycles. The molecular formula is C25H23N5O. The Morgan fingerprint density at radius 2 is 1.84 bits per heavy atom. The van der Waals surface area contributed by atoms with Crippen LogP contribution < -0.4 is 5.32 Å². The van der Waals surface area contributed by atoms with Crippen LogP contribution in [0.1, 0.15) is 52.1 Å². The molecule has 2 aromatic carbocycles. The van der Waals surface area contributed by atoms with E-state index in [0.29, 0.717) is 30.3 Å². The predicted octanol–water partition coefficient (Wildman–Crippen LogP) is 4.95. The first-order valence-electron chi connectivity index (χ1n) is 10.6. The van der Waals surface area contributed by atoms with Crippen LogP contribution in [-0.2, 0) is 12.8 Å². The van der Waals surface area contributed by atoms with Gasteiger partial charge in [0, 0.05) is 18.0 Å². The third-order valence-electron chi connectivity index (χ3n) is 5.89. The van der Waals surface area contributed by atoms with Gasteiger partial charge in [-0.05, 0) is 48.9 Å². The zero-order valence-electron chi connectivity index (χ0n) is 17.6. The molecule has 1 aliphatic carbocycles. The van der Waals surface area contributed by atoms with Crippen LogP contribution in [0.5, 0.6) is 0 Å². The van der Waals surface area contributed by atoms with Gasteiger partial charge in [0.05, 0.1) is 22.5 Å². The Bertz CT molecular complexity index is 1290. The van der Waals surface area contributed by atoms with Crippen molar-refractivity contribution in [1.29, 1.82) is 0 Å². The Morgan fingerprint density at radius 1 is 1.00 bits per heavy atom. The van der Waals surface area contributed by atoms with Gasteiger partial charge in [0.1, 0.15) is 0 Å². The zero-order chi connectivity index (χ0) is 21.4. The summed E-state index contributed by atoms with van der Waals surface area (Å²) in [5.74, 6) is 1.09. The number of carbonyl (C=O) groups excluding carboxylic acids is 1. The molecular weight excluding hydrogens is 386 g/mol. The molecule has 6 heteroatoms. The van der Waals surface area contributed by atoms with Gasteiger partial charge in [0.2, 0.25) is 11.9 Å². The van der Waals surface area contributed by atoms with E-state index in [-0.39, 0.29) is 11.7 Å². The Morgan fingerprint density at radius 3 is 2.65 bits per heavy atom. The zero-order valence-corrected chi connectivity index (χ0v) is 17.6. The monoisotopic (exact) mass is 409 g/mol. The smallest absolute Gasteiger partial charge is 0.230 e. The summed E-state index contributed by atoms with van der Waals surface area (Å²) < 4.78 is 0. The maximum Gasteiger partial charge on any atom is 0.230 e. The number of fused-ring (bicyclic) bond motifs is 2. The molecule has 0 unspecified atom stereocenters. The first-order valence-corrected chi connectivity index (χ1v) is 10.6. The van der Waals surface area contributed by atoms with E-state index in [1.54, 1.807) is 6.20 Å². The van der Waals surface area contributed by atoms with Crippen LogP contribution in [0.15, 0.2) is 54.7 Å². The molecule has 1 atom stereocenters. The molecule has 0 fully saturated rings. The van der Waals surface area contributed by atoms with Gasteiger partial charge in [-0.2, -0.15) is 0 Å². The Balaban J connectivity index is 1.44. The molecule has 31 heavy (non-hydrogen) atoms. The number of nitrogens with zero attached hydrogens (tertiary/aromatic N) is 4. The van der Waals surface area contributed by atoms with E-state index in [2.05, 4.69) is 56.4 Å². The molecule has 0 spiro atoms. The highest BCUT2D eigenvalue weighted by molar-refractivity contribution is 5.98. The lowest BCUT2D eigenvalue weighted by Gasteiger charge is -2.23. The maximum absolute atomic E-state index is 12.7. The van der Waals surface area contributed by atoms with Gasteiger partial charge in [0.15, 0.2) is 5.78 Å². The Labute approximate surface area is 180 Å². The third-order valence-corrected chi connectivity index (χ3v) is 5.89. The second-order valence-electron chi connectivity index (χ2n) is 7.96. The van der Waals surface area contributed by atoms with E-state index in [0.717, 1.165) is 34.3 Å². The summed E-state index contributed by atoms with van der Waals surface area (Å²) in [5, 5.41) is 4.18. The summed E-state index contributed by atoms with van der Waals surface area (Å²) in [6.07, 6.45) is 3.79. The number of Topliss-reactive ketones (excluding diaryl/α,β-unsaturated/α-hetero) is 1. The number of ketones is 1. The number of aromatic nitrogens is 4. The highest BCUT2D eigenvalue weighted by atomic mass is 16.1. The van der Waals surface area contributed by atoms with Gasteiger partial charge < -0.3 is 0 Å². The van der Waals surface area contributed by atoms with E-state index >= 15 is 0 Å². The van der Waals surface area contributed by atoms with Gasteiger partial charge in [-0.3, -0.25) is 10.1 Å². The number of benzene rings is 2. The number of nitrogens with one attached hydrogen (secondary N) is 1. The third kappa shape index (κ3) is 3.77. The van der Waals surface area contributed by atoms with E-state index in [1.165, 1.54) is 5.56 Å². The largest absolute Gasteiger partial charge is 0.294 e. The number of aryl methyl sites for hydroxylation is 2. The normalized spacial score (nSPS) is 15.7. The first-order chi connectivity index (χ1) is 15.1. The summed E-state index contributed by atoms with van der Waals surface area (Å²) in [7, 11) is 0. The van der Waals surface area contributed by atoms with Gasteiger partial charge >= 0.3 is 0 Å². The van der Waals surface area contributed by atoms with Crippen molar-refractivity contribution in [3.05, 3.63) is 82.8 Å². The fourth-order valence-electron chi connectivity index (χ4n) is 4.17. The lowest BCUT2D eigenvalue weighted by molar-refractivity contribution is 0.0962. The van der Waals surface area contributed by atoms with Crippen LogP contribution in [0.25, 0.3) is 10.9 Å². The molecule has 0 bridgehead atoms. The van der Waals surface area contributed by atoms with Crippen molar-refractivity contribution in [2.75, 3.05) is 5.32 Å². The summed E-state index contributed by atoms with van der Waals surface area (Å²) in [4.78, 5) is 30.9. The van der Waals surface area contributed by atoms with Crippen molar-refractivity contribution in [3.63, 3.8) is 0 Å². The minimum atomic E-state index is 0.0891.